The van der Waals surface area contributed by atoms with Gasteiger partial charge in [0.2, 0.25) is 10.0 Å². The van der Waals surface area contributed by atoms with E-state index in [0.29, 0.717) is 31.7 Å². The van der Waals surface area contributed by atoms with Gasteiger partial charge >= 0.3 is 0 Å². The Bertz CT molecular complexity index is 846. The van der Waals surface area contributed by atoms with Crippen LogP contribution in [0.5, 0.6) is 0 Å². The number of hydrogen-bond acceptors (Lipinski definition) is 5. The summed E-state index contributed by atoms with van der Waals surface area (Å²) in [6, 6.07) is 9.14. The molecule has 146 valence electrons. The van der Waals surface area contributed by atoms with Crippen LogP contribution < -0.4 is 4.72 Å². The molecule has 2 heterocycles. The maximum Gasteiger partial charge on any atom is 0.264 e. The van der Waals surface area contributed by atoms with Crippen LogP contribution in [0.15, 0.2) is 41.8 Å². The van der Waals surface area contributed by atoms with Crippen LogP contribution in [-0.4, -0.2) is 63.4 Å². The van der Waals surface area contributed by atoms with E-state index in [4.69, 9.17) is 0 Å². The predicted octanol–water partition coefficient (Wildman–Crippen LogP) is 1.76. The number of thiophene rings is 1. The van der Waals surface area contributed by atoms with E-state index in [-0.39, 0.29) is 17.5 Å². The molecule has 1 aliphatic rings. The van der Waals surface area contributed by atoms with E-state index in [1.54, 1.807) is 0 Å². The molecule has 6 nitrogen and oxygen atoms in total. The summed E-state index contributed by atoms with van der Waals surface area (Å²) in [5.74, 6) is -0.499. The number of hydrogen-bond donors (Lipinski definition) is 1. The van der Waals surface area contributed by atoms with Gasteiger partial charge in [0, 0.05) is 39.3 Å². The number of rotatable bonds is 7. The number of nitrogens with zero attached hydrogens (tertiary/aromatic N) is 2. The topological polar surface area (TPSA) is 69.7 Å². The van der Waals surface area contributed by atoms with Crippen molar-refractivity contribution in [2.75, 3.05) is 39.3 Å². The Balaban J connectivity index is 1.39. The smallest absolute Gasteiger partial charge is 0.264 e. The molecule has 0 saturated carbocycles. The van der Waals surface area contributed by atoms with Crippen molar-refractivity contribution in [3.63, 3.8) is 0 Å². The number of nitrogens with one attached hydrogen (secondary N) is 1. The fourth-order valence-electron chi connectivity index (χ4n) is 2.94. The molecule has 0 bridgehead atoms. The maximum absolute atomic E-state index is 12.9. The van der Waals surface area contributed by atoms with Gasteiger partial charge in [-0.2, -0.15) is 0 Å². The molecule has 1 amide bonds. The summed E-state index contributed by atoms with van der Waals surface area (Å²) in [7, 11) is -3.46. The molecule has 0 atom stereocenters. The molecule has 1 aromatic heterocycles. The quantitative estimate of drug-likeness (QED) is 0.754. The zero-order chi connectivity index (χ0) is 19.3. The van der Waals surface area contributed by atoms with E-state index in [1.165, 1.54) is 35.6 Å². The van der Waals surface area contributed by atoms with Gasteiger partial charge in [0.25, 0.3) is 5.91 Å². The third-order valence-electron chi connectivity index (χ3n) is 4.41. The molecule has 1 fully saturated rings. The molecule has 3 rings (SSSR count). The summed E-state index contributed by atoms with van der Waals surface area (Å²) in [5.41, 5.74) is 0.546. The molecular formula is C18H22FN3O3S2. The van der Waals surface area contributed by atoms with Crippen molar-refractivity contribution >= 4 is 27.3 Å². The average molecular weight is 412 g/mol. The Kier molecular flexibility index (Phi) is 6.59. The third kappa shape index (κ3) is 5.83. The molecule has 0 radical (unpaired) electrons. The fourth-order valence-corrected chi connectivity index (χ4v) is 4.77. The normalized spacial score (nSPS) is 15.8. The SMILES string of the molecule is O=C(c1cccs1)N1CCN(CCNS(=O)(=O)Cc2ccc(F)cc2)CC1. The number of sulfonamides is 1. The van der Waals surface area contributed by atoms with Crippen LogP contribution in [0.3, 0.4) is 0 Å². The molecule has 1 aliphatic heterocycles. The molecule has 27 heavy (non-hydrogen) atoms. The predicted molar refractivity (Wildman–Crippen MR) is 104 cm³/mol. The molecule has 0 spiro atoms. The highest BCUT2D eigenvalue weighted by Gasteiger charge is 2.22. The van der Waals surface area contributed by atoms with Gasteiger partial charge < -0.3 is 4.90 Å². The lowest BCUT2D eigenvalue weighted by molar-refractivity contribution is 0.0645. The number of halogens is 1. The monoisotopic (exact) mass is 411 g/mol. The highest BCUT2D eigenvalue weighted by molar-refractivity contribution is 7.88. The van der Waals surface area contributed by atoms with Gasteiger partial charge in [0.15, 0.2) is 0 Å². The number of amides is 1. The third-order valence-corrected chi connectivity index (χ3v) is 6.63. The van der Waals surface area contributed by atoms with Gasteiger partial charge in [0.1, 0.15) is 5.82 Å². The molecule has 0 aliphatic carbocycles. The van der Waals surface area contributed by atoms with E-state index < -0.39 is 10.0 Å². The summed E-state index contributed by atoms with van der Waals surface area (Å²) < 4.78 is 39.7. The van der Waals surface area contributed by atoms with E-state index in [2.05, 4.69) is 9.62 Å². The molecule has 9 heteroatoms. The first kappa shape index (κ1) is 19.9. The Labute approximate surface area is 162 Å². The van der Waals surface area contributed by atoms with Gasteiger partial charge in [-0.05, 0) is 29.1 Å². The second-order valence-electron chi connectivity index (χ2n) is 6.39. The highest BCUT2D eigenvalue weighted by Crippen LogP contribution is 2.13. The summed E-state index contributed by atoms with van der Waals surface area (Å²) in [4.78, 5) is 17.0. The minimum atomic E-state index is -3.46. The number of benzene rings is 1. The van der Waals surface area contributed by atoms with Gasteiger partial charge in [-0.25, -0.2) is 17.5 Å². The van der Waals surface area contributed by atoms with E-state index in [9.17, 15) is 17.6 Å². The lowest BCUT2D eigenvalue weighted by Crippen LogP contribution is -2.50. The minimum absolute atomic E-state index is 0.0599. The number of carbonyl (C=O) groups excluding carboxylic acids is 1. The zero-order valence-corrected chi connectivity index (χ0v) is 16.4. The lowest BCUT2D eigenvalue weighted by atomic mass is 10.2. The lowest BCUT2D eigenvalue weighted by Gasteiger charge is -2.34. The van der Waals surface area contributed by atoms with Gasteiger partial charge in [-0.15, -0.1) is 11.3 Å². The molecule has 1 aromatic carbocycles. The van der Waals surface area contributed by atoms with Crippen molar-refractivity contribution in [2.24, 2.45) is 0 Å². The van der Waals surface area contributed by atoms with Crippen molar-refractivity contribution < 1.29 is 17.6 Å². The van der Waals surface area contributed by atoms with Crippen molar-refractivity contribution in [2.45, 2.75) is 5.75 Å². The molecule has 0 unspecified atom stereocenters. The number of piperazine rings is 1. The summed E-state index contributed by atoms with van der Waals surface area (Å²) in [5, 5.41) is 1.89. The van der Waals surface area contributed by atoms with Crippen molar-refractivity contribution in [1.82, 2.24) is 14.5 Å². The van der Waals surface area contributed by atoms with Gasteiger partial charge in [0.05, 0.1) is 10.6 Å². The van der Waals surface area contributed by atoms with Gasteiger partial charge in [-0.1, -0.05) is 18.2 Å². The molecule has 1 N–H and O–H groups in total. The largest absolute Gasteiger partial charge is 0.335 e. The van der Waals surface area contributed by atoms with E-state index >= 15 is 0 Å². The van der Waals surface area contributed by atoms with Crippen LogP contribution in [0, 0.1) is 5.82 Å². The summed E-state index contributed by atoms with van der Waals surface area (Å²) >= 11 is 1.44. The second-order valence-corrected chi connectivity index (χ2v) is 9.15. The van der Waals surface area contributed by atoms with Crippen molar-refractivity contribution in [3.8, 4) is 0 Å². The van der Waals surface area contributed by atoms with Crippen molar-refractivity contribution in [1.29, 1.82) is 0 Å². The van der Waals surface area contributed by atoms with Crippen LogP contribution in [0.1, 0.15) is 15.2 Å². The van der Waals surface area contributed by atoms with Crippen molar-refractivity contribution in [3.05, 3.63) is 58.0 Å². The average Bonchev–Trinajstić information content (AvgIpc) is 3.18. The highest BCUT2D eigenvalue weighted by atomic mass is 32.2. The van der Waals surface area contributed by atoms with E-state index in [0.717, 1.165) is 18.0 Å². The van der Waals surface area contributed by atoms with Crippen LogP contribution in [-0.2, 0) is 15.8 Å². The molecular weight excluding hydrogens is 389 g/mol. The summed E-state index contributed by atoms with van der Waals surface area (Å²) in [6.07, 6.45) is 0. The number of carbonyl (C=O) groups is 1. The summed E-state index contributed by atoms with van der Waals surface area (Å²) in [6.45, 7) is 3.61. The Morgan fingerprint density at radius 1 is 1.11 bits per heavy atom. The van der Waals surface area contributed by atoms with Crippen LogP contribution in [0.4, 0.5) is 4.39 Å². The van der Waals surface area contributed by atoms with Crippen LogP contribution >= 0.6 is 11.3 Å². The Morgan fingerprint density at radius 3 is 2.44 bits per heavy atom. The molecule has 1 saturated heterocycles. The minimum Gasteiger partial charge on any atom is -0.335 e. The second kappa shape index (κ2) is 8.92. The van der Waals surface area contributed by atoms with Crippen LogP contribution in [0.25, 0.3) is 0 Å². The Morgan fingerprint density at radius 2 is 1.81 bits per heavy atom. The zero-order valence-electron chi connectivity index (χ0n) is 14.8. The fraction of sp³-hybridized carbons (Fsp3) is 0.389. The first-order valence-electron chi connectivity index (χ1n) is 8.70. The first-order valence-corrected chi connectivity index (χ1v) is 11.2. The first-order chi connectivity index (χ1) is 12.9. The van der Waals surface area contributed by atoms with Gasteiger partial charge in [-0.3, -0.25) is 9.69 Å². The maximum atomic E-state index is 12.9. The van der Waals surface area contributed by atoms with E-state index in [1.807, 2.05) is 22.4 Å². The Hall–Kier alpha value is -1.81. The molecule has 2 aromatic rings. The standard InChI is InChI=1S/C18H22FN3O3S2/c19-16-5-3-15(4-6-16)14-27(24,25)20-7-8-21-9-11-22(12-10-21)18(23)17-2-1-13-26-17/h1-6,13,20H,7-12,14H2. The van der Waals surface area contributed by atoms with Crippen LogP contribution in [0.2, 0.25) is 0 Å².